The van der Waals surface area contributed by atoms with Gasteiger partial charge in [0.2, 0.25) is 0 Å². The molecule has 1 fully saturated rings. The minimum absolute atomic E-state index is 0.0622. The normalized spacial score (nSPS) is 15.5. The summed E-state index contributed by atoms with van der Waals surface area (Å²) < 4.78 is 7.27. The van der Waals surface area contributed by atoms with Crippen molar-refractivity contribution < 1.29 is 4.43 Å². The van der Waals surface area contributed by atoms with Crippen molar-refractivity contribution in [2.24, 2.45) is 0 Å². The number of hydrogen-bond acceptors (Lipinski definition) is 6. The zero-order valence-electron chi connectivity index (χ0n) is 23.9. The van der Waals surface area contributed by atoms with Gasteiger partial charge in [-0.25, -0.2) is 15.0 Å². The minimum Gasteiger partial charge on any atom is -0.407 e. The summed E-state index contributed by atoms with van der Waals surface area (Å²) in [6.07, 6.45) is 7.65. The molecule has 4 aromatic rings. The first-order valence-corrected chi connectivity index (χ1v) is 17.2. The second-order valence-electron chi connectivity index (χ2n) is 11.6. The third-order valence-electron chi connectivity index (χ3n) is 7.85. The van der Waals surface area contributed by atoms with Gasteiger partial charge in [-0.3, -0.25) is 0 Å². The first-order valence-electron chi connectivity index (χ1n) is 14.0. The molecule has 0 radical (unpaired) electrons. The van der Waals surface area contributed by atoms with Crippen LogP contribution in [0.2, 0.25) is 5.04 Å². The van der Waals surface area contributed by atoms with E-state index in [9.17, 15) is 0 Å². The van der Waals surface area contributed by atoms with E-state index in [4.69, 9.17) is 14.4 Å². The maximum absolute atomic E-state index is 7.27. The Balaban J connectivity index is 1.54. The third kappa shape index (κ3) is 5.63. The molecule has 1 atom stereocenters. The van der Waals surface area contributed by atoms with Gasteiger partial charge in [0.05, 0.1) is 0 Å². The number of thioether (sulfide) groups is 1. The Morgan fingerprint density at radius 2 is 1.54 bits per heavy atom. The smallest absolute Gasteiger partial charge is 0.261 e. The van der Waals surface area contributed by atoms with E-state index in [1.807, 2.05) is 12.5 Å². The summed E-state index contributed by atoms with van der Waals surface area (Å²) in [5, 5.41) is 4.38. The van der Waals surface area contributed by atoms with Crippen molar-refractivity contribution >= 4 is 47.2 Å². The topological polar surface area (TPSA) is 51.1 Å². The lowest BCUT2D eigenvalue weighted by atomic mass is 10.1. The number of rotatable bonds is 8. The molecule has 1 aliphatic rings. The van der Waals surface area contributed by atoms with E-state index in [2.05, 4.69) is 104 Å². The molecule has 0 saturated carbocycles. The quantitative estimate of drug-likeness (QED) is 0.142. The zero-order valence-corrected chi connectivity index (χ0v) is 25.7. The second-order valence-corrected chi connectivity index (χ2v) is 16.7. The van der Waals surface area contributed by atoms with Crippen LogP contribution in [-0.2, 0) is 4.43 Å². The molecule has 2 aromatic carbocycles. The maximum atomic E-state index is 7.27. The molecule has 2 aromatic heterocycles. The first kappa shape index (κ1) is 27.8. The van der Waals surface area contributed by atoms with E-state index in [1.165, 1.54) is 29.6 Å². The van der Waals surface area contributed by atoms with Crippen molar-refractivity contribution in [2.45, 2.75) is 63.1 Å². The van der Waals surface area contributed by atoms with E-state index >= 15 is 0 Å². The summed E-state index contributed by atoms with van der Waals surface area (Å²) in [4.78, 5) is 17.2. The van der Waals surface area contributed by atoms with Crippen molar-refractivity contribution in [1.29, 1.82) is 0 Å². The van der Waals surface area contributed by atoms with E-state index < -0.39 is 8.32 Å². The number of hydrogen-bond donors (Lipinski definition) is 0. The van der Waals surface area contributed by atoms with Crippen LogP contribution in [0.15, 0.2) is 78.1 Å². The summed E-state index contributed by atoms with van der Waals surface area (Å²) in [6.45, 7) is 11.9. The lowest BCUT2D eigenvalue weighted by Crippen LogP contribution is -2.66. The van der Waals surface area contributed by atoms with Crippen molar-refractivity contribution in [3.05, 3.63) is 78.6 Å². The standard InChI is InChI=1S/C32H40N4OSSi/c1-24(23-37-39(32(2,3)4,26-15-9-6-10-16-26)27-17-11-7-12-18-27)28-21-25-22-33-31(38-5)35-29(25)30(34-28)36-19-13-8-14-20-36/h6-7,9-12,15-18,21-22,24H,8,13-14,19-20,23H2,1-5H3/t24-/m1/s1. The van der Waals surface area contributed by atoms with Crippen LogP contribution >= 0.6 is 11.8 Å². The Morgan fingerprint density at radius 1 is 0.923 bits per heavy atom. The number of nitrogens with zero attached hydrogens (tertiary/aromatic N) is 4. The molecule has 1 saturated heterocycles. The minimum atomic E-state index is -2.62. The second kappa shape index (κ2) is 11.8. The van der Waals surface area contributed by atoms with Gasteiger partial charge < -0.3 is 9.33 Å². The van der Waals surface area contributed by atoms with E-state index in [1.54, 1.807) is 11.8 Å². The molecule has 0 unspecified atom stereocenters. The van der Waals surface area contributed by atoms with Gasteiger partial charge in [0.15, 0.2) is 11.0 Å². The predicted molar refractivity (Wildman–Crippen MR) is 167 cm³/mol. The number of aromatic nitrogens is 3. The van der Waals surface area contributed by atoms with Gasteiger partial charge in [0.1, 0.15) is 5.52 Å². The molecule has 0 spiro atoms. The third-order valence-corrected chi connectivity index (χ3v) is 13.4. The molecular formula is C32H40N4OSSi. The molecule has 0 amide bonds. The van der Waals surface area contributed by atoms with E-state index in [0.717, 1.165) is 40.7 Å². The molecule has 7 heteroatoms. The Labute approximate surface area is 238 Å². The summed E-state index contributed by atoms with van der Waals surface area (Å²) in [6, 6.07) is 23.9. The van der Waals surface area contributed by atoms with Crippen LogP contribution in [-0.4, -0.2) is 49.2 Å². The fourth-order valence-corrected chi connectivity index (χ4v) is 10.8. The number of anilines is 1. The average molecular weight is 557 g/mol. The van der Waals surface area contributed by atoms with Gasteiger partial charge in [-0.15, -0.1) is 0 Å². The molecule has 3 heterocycles. The maximum Gasteiger partial charge on any atom is 0.261 e. The van der Waals surface area contributed by atoms with Gasteiger partial charge in [-0.05, 0) is 47.0 Å². The van der Waals surface area contributed by atoms with Gasteiger partial charge in [0.25, 0.3) is 8.32 Å². The highest BCUT2D eigenvalue weighted by Crippen LogP contribution is 2.38. The van der Waals surface area contributed by atoms with Crippen LogP contribution in [0.5, 0.6) is 0 Å². The lowest BCUT2D eigenvalue weighted by Gasteiger charge is -2.43. The number of fused-ring (bicyclic) bond motifs is 1. The molecule has 204 valence electrons. The molecule has 1 aliphatic heterocycles. The van der Waals surface area contributed by atoms with Gasteiger partial charge in [0, 0.05) is 42.9 Å². The Hall–Kier alpha value is -2.74. The monoisotopic (exact) mass is 556 g/mol. The number of pyridine rings is 1. The largest absolute Gasteiger partial charge is 0.407 e. The predicted octanol–water partition coefficient (Wildman–Crippen LogP) is 6.42. The highest BCUT2D eigenvalue weighted by molar-refractivity contribution is 7.98. The van der Waals surface area contributed by atoms with Crippen molar-refractivity contribution in [3.8, 4) is 0 Å². The summed E-state index contributed by atoms with van der Waals surface area (Å²) >= 11 is 1.57. The van der Waals surface area contributed by atoms with Crippen molar-refractivity contribution in [1.82, 2.24) is 15.0 Å². The highest BCUT2D eigenvalue weighted by atomic mass is 32.2. The van der Waals surface area contributed by atoms with Crippen LogP contribution in [0.1, 0.15) is 58.6 Å². The summed E-state index contributed by atoms with van der Waals surface area (Å²) in [7, 11) is -2.62. The molecule has 5 nitrogen and oxygen atoms in total. The highest BCUT2D eigenvalue weighted by Gasteiger charge is 2.50. The van der Waals surface area contributed by atoms with E-state index in [-0.39, 0.29) is 11.0 Å². The fraction of sp³-hybridized carbons (Fsp3) is 0.406. The van der Waals surface area contributed by atoms with Crippen LogP contribution < -0.4 is 15.3 Å². The van der Waals surface area contributed by atoms with Crippen LogP contribution in [0.3, 0.4) is 0 Å². The van der Waals surface area contributed by atoms with Crippen LogP contribution in [0.4, 0.5) is 5.82 Å². The zero-order chi connectivity index (χ0) is 27.5. The first-order chi connectivity index (χ1) is 18.8. The number of piperidine rings is 1. The van der Waals surface area contributed by atoms with Gasteiger partial charge in [-0.1, -0.05) is 100 Å². The fourth-order valence-electron chi connectivity index (χ4n) is 5.80. The Kier molecular flexibility index (Phi) is 8.40. The SMILES string of the molecule is CSc1ncc2cc([C@H](C)CO[Si](c3ccccc3)(c3ccccc3)C(C)(C)C)nc(N3CCCCC3)c2n1. The molecule has 0 N–H and O–H groups in total. The molecule has 39 heavy (non-hydrogen) atoms. The Bertz CT molecular complexity index is 1350. The van der Waals surface area contributed by atoms with Crippen LogP contribution in [0, 0.1) is 0 Å². The summed E-state index contributed by atoms with van der Waals surface area (Å²) in [5.41, 5.74) is 2.00. The van der Waals surface area contributed by atoms with Crippen molar-refractivity contribution in [2.75, 3.05) is 30.9 Å². The molecule has 0 bridgehead atoms. The van der Waals surface area contributed by atoms with Crippen molar-refractivity contribution in [3.63, 3.8) is 0 Å². The van der Waals surface area contributed by atoms with E-state index in [0.29, 0.717) is 6.61 Å². The van der Waals surface area contributed by atoms with Gasteiger partial charge in [-0.2, -0.15) is 0 Å². The molecular weight excluding hydrogens is 517 g/mol. The lowest BCUT2D eigenvalue weighted by molar-refractivity contribution is 0.276. The average Bonchev–Trinajstić information content (AvgIpc) is 2.97. The molecule has 5 rings (SSSR count). The van der Waals surface area contributed by atoms with Gasteiger partial charge >= 0.3 is 0 Å². The summed E-state index contributed by atoms with van der Waals surface area (Å²) in [5.74, 6) is 1.11. The molecule has 0 aliphatic carbocycles. The number of benzene rings is 2. The Morgan fingerprint density at radius 3 is 2.10 bits per heavy atom. The van der Waals surface area contributed by atoms with Crippen LogP contribution in [0.25, 0.3) is 10.9 Å².